The van der Waals surface area contributed by atoms with E-state index in [2.05, 4.69) is 5.32 Å². The molecule has 0 atom stereocenters. The fourth-order valence-electron chi connectivity index (χ4n) is 1.87. The lowest BCUT2D eigenvalue weighted by molar-refractivity contribution is -0.695. The molecule has 0 saturated carbocycles. The summed E-state index contributed by atoms with van der Waals surface area (Å²) in [6, 6.07) is 9.15. The molecule has 2 aromatic rings. The number of rotatable bonds is 4. The van der Waals surface area contributed by atoms with E-state index in [1.807, 2.05) is 42.9 Å². The first-order valence-corrected chi connectivity index (χ1v) is 6.60. The van der Waals surface area contributed by atoms with Gasteiger partial charge in [0, 0.05) is 12.1 Å². The minimum atomic E-state index is -0.112. The van der Waals surface area contributed by atoms with Crippen molar-refractivity contribution >= 4 is 11.6 Å². The Bertz CT molecular complexity index is 606. The number of benzene rings is 1. The smallest absolute Gasteiger partial charge is 0.230 e. The third kappa shape index (κ3) is 3.82. The highest BCUT2D eigenvalue weighted by Gasteiger charge is 2.09. The van der Waals surface area contributed by atoms with Crippen molar-refractivity contribution in [3.05, 3.63) is 53.9 Å². The van der Waals surface area contributed by atoms with Gasteiger partial charge in [-0.3, -0.25) is 4.79 Å². The maximum Gasteiger partial charge on any atom is 0.230 e. The predicted molar refractivity (Wildman–Crippen MR) is 77.5 cm³/mol. The number of hydrogen-bond donors (Lipinski definition) is 2. The first-order valence-electron chi connectivity index (χ1n) is 6.60. The first-order chi connectivity index (χ1) is 9.54. The van der Waals surface area contributed by atoms with Crippen LogP contribution in [0.4, 0.5) is 5.69 Å². The van der Waals surface area contributed by atoms with E-state index < -0.39 is 0 Å². The standard InChI is InChI=1S/C16H18N2O2/c1-12-5-8-18(9-6-12)10-7-16(20)17-14-11-13(2)3-4-15(14)19/h3-6,8-9,11H,7,10H2,1-2H3,(H-,17,19,20)/p+1. The molecule has 104 valence electrons. The summed E-state index contributed by atoms with van der Waals surface area (Å²) in [5.74, 6) is -0.0223. The van der Waals surface area contributed by atoms with E-state index >= 15 is 0 Å². The Morgan fingerprint density at radius 1 is 1.15 bits per heavy atom. The molecule has 0 unspecified atom stereocenters. The molecule has 4 nitrogen and oxygen atoms in total. The van der Waals surface area contributed by atoms with Crippen LogP contribution in [0.5, 0.6) is 5.75 Å². The van der Waals surface area contributed by atoms with Crippen molar-refractivity contribution in [1.82, 2.24) is 0 Å². The van der Waals surface area contributed by atoms with E-state index in [1.165, 1.54) is 5.56 Å². The van der Waals surface area contributed by atoms with Crippen molar-refractivity contribution in [3.63, 3.8) is 0 Å². The van der Waals surface area contributed by atoms with Gasteiger partial charge in [0.15, 0.2) is 18.9 Å². The summed E-state index contributed by atoms with van der Waals surface area (Å²) in [6.45, 7) is 4.55. The van der Waals surface area contributed by atoms with Crippen LogP contribution in [0, 0.1) is 13.8 Å². The van der Waals surface area contributed by atoms with Crippen LogP contribution in [-0.4, -0.2) is 11.0 Å². The highest BCUT2D eigenvalue weighted by Crippen LogP contribution is 2.23. The summed E-state index contributed by atoms with van der Waals surface area (Å²) in [5, 5.41) is 12.4. The van der Waals surface area contributed by atoms with Crippen molar-refractivity contribution in [2.45, 2.75) is 26.8 Å². The molecule has 0 aliphatic heterocycles. The van der Waals surface area contributed by atoms with Gasteiger partial charge >= 0.3 is 0 Å². The Morgan fingerprint density at radius 3 is 2.55 bits per heavy atom. The van der Waals surface area contributed by atoms with Crippen LogP contribution in [0.1, 0.15) is 17.5 Å². The highest BCUT2D eigenvalue weighted by atomic mass is 16.3. The summed E-state index contributed by atoms with van der Waals surface area (Å²) in [5.41, 5.74) is 2.64. The topological polar surface area (TPSA) is 53.2 Å². The number of aromatic hydroxyl groups is 1. The summed E-state index contributed by atoms with van der Waals surface area (Å²) in [6.07, 6.45) is 4.26. The lowest BCUT2D eigenvalue weighted by Crippen LogP contribution is -2.34. The number of nitrogens with zero attached hydrogens (tertiary/aromatic N) is 1. The number of anilines is 1. The number of aromatic nitrogens is 1. The lowest BCUT2D eigenvalue weighted by Gasteiger charge is -2.07. The molecule has 0 saturated heterocycles. The van der Waals surface area contributed by atoms with Crippen LogP contribution < -0.4 is 9.88 Å². The largest absolute Gasteiger partial charge is 0.506 e. The van der Waals surface area contributed by atoms with Gasteiger partial charge in [-0.2, -0.15) is 0 Å². The number of carbonyl (C=O) groups excluding carboxylic acids is 1. The van der Waals surface area contributed by atoms with Crippen LogP contribution >= 0.6 is 0 Å². The molecule has 0 bridgehead atoms. The molecule has 0 fully saturated rings. The monoisotopic (exact) mass is 271 g/mol. The van der Waals surface area contributed by atoms with Gasteiger partial charge in [0.25, 0.3) is 0 Å². The fourth-order valence-corrected chi connectivity index (χ4v) is 1.87. The third-order valence-electron chi connectivity index (χ3n) is 3.08. The Balaban J connectivity index is 1.92. The molecule has 0 aliphatic carbocycles. The van der Waals surface area contributed by atoms with Crippen molar-refractivity contribution in [2.24, 2.45) is 0 Å². The molecular formula is C16H19N2O2+. The van der Waals surface area contributed by atoms with Crippen LogP contribution in [0.15, 0.2) is 42.7 Å². The van der Waals surface area contributed by atoms with Gasteiger partial charge in [-0.15, -0.1) is 0 Å². The van der Waals surface area contributed by atoms with Gasteiger partial charge in [0.2, 0.25) is 5.91 Å². The molecule has 1 amide bonds. The lowest BCUT2D eigenvalue weighted by atomic mass is 10.2. The van der Waals surface area contributed by atoms with E-state index in [1.54, 1.807) is 18.2 Å². The number of aryl methyl sites for hydroxylation is 3. The zero-order chi connectivity index (χ0) is 14.5. The average Bonchev–Trinajstić information content (AvgIpc) is 2.42. The molecule has 0 radical (unpaired) electrons. The van der Waals surface area contributed by atoms with E-state index in [0.717, 1.165) is 5.56 Å². The zero-order valence-electron chi connectivity index (χ0n) is 11.8. The van der Waals surface area contributed by atoms with Crippen LogP contribution in [0.25, 0.3) is 0 Å². The van der Waals surface area contributed by atoms with Gasteiger partial charge < -0.3 is 10.4 Å². The Hall–Kier alpha value is -2.36. The quantitative estimate of drug-likeness (QED) is 0.662. The molecule has 1 heterocycles. The van der Waals surface area contributed by atoms with Gasteiger partial charge in [-0.1, -0.05) is 6.07 Å². The van der Waals surface area contributed by atoms with Crippen LogP contribution in [-0.2, 0) is 11.3 Å². The SMILES string of the molecule is Cc1cc[n+](CCC(=O)Nc2cc(C)ccc2O)cc1. The molecule has 2 rings (SSSR count). The molecular weight excluding hydrogens is 252 g/mol. The Morgan fingerprint density at radius 2 is 1.85 bits per heavy atom. The normalized spacial score (nSPS) is 10.3. The molecule has 1 aromatic carbocycles. The molecule has 2 N–H and O–H groups in total. The number of phenolic OH excluding ortho intramolecular Hbond substituents is 1. The van der Waals surface area contributed by atoms with E-state index in [9.17, 15) is 9.90 Å². The van der Waals surface area contributed by atoms with Gasteiger partial charge in [0.1, 0.15) is 5.75 Å². The molecule has 0 spiro atoms. The van der Waals surface area contributed by atoms with Crippen molar-refractivity contribution in [3.8, 4) is 5.75 Å². The molecule has 20 heavy (non-hydrogen) atoms. The van der Waals surface area contributed by atoms with Crippen molar-refractivity contribution < 1.29 is 14.5 Å². The summed E-state index contributed by atoms with van der Waals surface area (Å²) < 4.78 is 1.96. The second kappa shape index (κ2) is 6.19. The molecule has 4 heteroatoms. The van der Waals surface area contributed by atoms with Crippen LogP contribution in [0.2, 0.25) is 0 Å². The predicted octanol–water partition coefficient (Wildman–Crippen LogP) is 2.33. The van der Waals surface area contributed by atoms with Gasteiger partial charge in [-0.25, -0.2) is 4.57 Å². The minimum absolute atomic E-state index is 0.0898. The number of nitrogens with one attached hydrogen (secondary N) is 1. The zero-order valence-corrected chi connectivity index (χ0v) is 11.8. The molecule has 1 aromatic heterocycles. The number of phenols is 1. The van der Waals surface area contributed by atoms with Crippen LogP contribution in [0.3, 0.4) is 0 Å². The minimum Gasteiger partial charge on any atom is -0.506 e. The number of hydrogen-bond acceptors (Lipinski definition) is 2. The van der Waals surface area contributed by atoms with E-state index in [-0.39, 0.29) is 11.7 Å². The fraction of sp³-hybridized carbons (Fsp3) is 0.250. The van der Waals surface area contributed by atoms with Crippen molar-refractivity contribution in [1.29, 1.82) is 0 Å². The van der Waals surface area contributed by atoms with Gasteiger partial charge in [-0.05, 0) is 37.1 Å². The second-order valence-corrected chi connectivity index (χ2v) is 4.93. The summed E-state index contributed by atoms with van der Waals surface area (Å²) in [7, 11) is 0. The van der Waals surface area contributed by atoms with E-state index in [4.69, 9.17) is 0 Å². The summed E-state index contributed by atoms with van der Waals surface area (Å²) >= 11 is 0. The number of carbonyl (C=O) groups is 1. The molecule has 0 aliphatic rings. The van der Waals surface area contributed by atoms with Crippen molar-refractivity contribution in [2.75, 3.05) is 5.32 Å². The second-order valence-electron chi connectivity index (χ2n) is 4.93. The highest BCUT2D eigenvalue weighted by molar-refractivity contribution is 5.92. The maximum atomic E-state index is 11.9. The van der Waals surface area contributed by atoms with E-state index in [0.29, 0.717) is 18.7 Å². The third-order valence-corrected chi connectivity index (χ3v) is 3.08. The maximum absolute atomic E-state index is 11.9. The average molecular weight is 271 g/mol. The summed E-state index contributed by atoms with van der Waals surface area (Å²) in [4.78, 5) is 11.9. The number of pyridine rings is 1. The number of amides is 1. The van der Waals surface area contributed by atoms with Gasteiger partial charge in [0.05, 0.1) is 12.1 Å². The Labute approximate surface area is 118 Å². The Kier molecular flexibility index (Phi) is 4.35. The first kappa shape index (κ1) is 14.1.